The van der Waals surface area contributed by atoms with E-state index in [9.17, 15) is 5.26 Å². The number of ether oxygens (including phenoxy) is 1. The maximum absolute atomic E-state index is 9.68. The van der Waals surface area contributed by atoms with Crippen LogP contribution in [-0.4, -0.2) is 6.61 Å². The third-order valence-electron chi connectivity index (χ3n) is 4.16. The molecule has 0 unspecified atom stereocenters. The molecule has 1 fully saturated rings. The fraction of sp³-hybridized carbons (Fsp3) is 0.611. The predicted molar refractivity (Wildman–Crippen MR) is 81.8 cm³/mol. The molecule has 1 aliphatic carbocycles. The predicted octanol–water partition coefficient (Wildman–Crippen LogP) is 4.84. The van der Waals surface area contributed by atoms with Gasteiger partial charge in [0.1, 0.15) is 5.75 Å². The molecule has 0 saturated heterocycles. The summed E-state index contributed by atoms with van der Waals surface area (Å²) in [5.74, 6) is 1.44. The Kier molecular flexibility index (Phi) is 5.06. The largest absolute Gasteiger partial charge is 0.493 e. The molecule has 1 aromatic rings. The Morgan fingerprint density at radius 1 is 1.10 bits per heavy atom. The number of nitriles is 1. The van der Waals surface area contributed by atoms with Gasteiger partial charge in [-0.1, -0.05) is 51.7 Å². The topological polar surface area (TPSA) is 33.0 Å². The van der Waals surface area contributed by atoms with Crippen LogP contribution in [0, 0.1) is 17.2 Å². The molecule has 2 rings (SSSR count). The van der Waals surface area contributed by atoms with E-state index in [4.69, 9.17) is 4.74 Å². The summed E-state index contributed by atoms with van der Waals surface area (Å²) in [7, 11) is 0. The lowest BCUT2D eigenvalue weighted by atomic mass is 9.76. The van der Waals surface area contributed by atoms with E-state index in [0.717, 1.165) is 25.2 Å². The standard InChI is InChI=1S/C18H25NO/c1-15(2)13-20-17-9-7-16(8-10-17)18(14-19)11-5-3-4-6-12-18/h7-10,15H,3-6,11-13H2,1-2H3. The Morgan fingerprint density at radius 2 is 1.70 bits per heavy atom. The zero-order valence-corrected chi connectivity index (χ0v) is 12.7. The highest BCUT2D eigenvalue weighted by atomic mass is 16.5. The Hall–Kier alpha value is -1.49. The van der Waals surface area contributed by atoms with Crippen LogP contribution < -0.4 is 4.74 Å². The van der Waals surface area contributed by atoms with Crippen LogP contribution in [0.2, 0.25) is 0 Å². The minimum Gasteiger partial charge on any atom is -0.493 e. The van der Waals surface area contributed by atoms with Gasteiger partial charge in [0.25, 0.3) is 0 Å². The average Bonchev–Trinajstić information content (AvgIpc) is 2.72. The van der Waals surface area contributed by atoms with Crippen molar-refractivity contribution in [3.05, 3.63) is 29.8 Å². The number of rotatable bonds is 4. The first-order valence-corrected chi connectivity index (χ1v) is 7.81. The van der Waals surface area contributed by atoms with Crippen molar-refractivity contribution in [2.24, 2.45) is 5.92 Å². The van der Waals surface area contributed by atoms with Gasteiger partial charge in [-0.25, -0.2) is 0 Å². The lowest BCUT2D eigenvalue weighted by Crippen LogP contribution is -2.23. The molecule has 0 amide bonds. The fourth-order valence-corrected chi connectivity index (χ4v) is 2.93. The van der Waals surface area contributed by atoms with Gasteiger partial charge in [-0.15, -0.1) is 0 Å². The number of nitrogens with zero attached hydrogens (tertiary/aromatic N) is 1. The lowest BCUT2D eigenvalue weighted by Gasteiger charge is -2.25. The zero-order valence-electron chi connectivity index (χ0n) is 12.7. The highest BCUT2D eigenvalue weighted by Gasteiger charge is 2.32. The van der Waals surface area contributed by atoms with Gasteiger partial charge < -0.3 is 4.74 Å². The molecule has 1 aromatic carbocycles. The van der Waals surface area contributed by atoms with Gasteiger partial charge in [-0.05, 0) is 36.5 Å². The quantitative estimate of drug-likeness (QED) is 0.734. The fourth-order valence-electron chi connectivity index (χ4n) is 2.93. The van der Waals surface area contributed by atoms with Gasteiger partial charge in [-0.2, -0.15) is 5.26 Å². The molecular weight excluding hydrogens is 246 g/mol. The second-order valence-corrected chi connectivity index (χ2v) is 6.34. The van der Waals surface area contributed by atoms with Crippen molar-refractivity contribution in [3.8, 4) is 11.8 Å². The van der Waals surface area contributed by atoms with E-state index in [1.807, 2.05) is 12.1 Å². The smallest absolute Gasteiger partial charge is 0.119 e. The number of benzene rings is 1. The van der Waals surface area contributed by atoms with Gasteiger partial charge in [-0.3, -0.25) is 0 Å². The second kappa shape index (κ2) is 6.79. The molecule has 0 N–H and O–H groups in total. The van der Waals surface area contributed by atoms with E-state index in [0.29, 0.717) is 5.92 Å². The van der Waals surface area contributed by atoms with Crippen molar-refractivity contribution in [2.75, 3.05) is 6.61 Å². The van der Waals surface area contributed by atoms with E-state index < -0.39 is 0 Å². The summed E-state index contributed by atoms with van der Waals surface area (Å²) in [5, 5.41) is 9.68. The van der Waals surface area contributed by atoms with Crippen LogP contribution in [0.25, 0.3) is 0 Å². The van der Waals surface area contributed by atoms with Crippen molar-refractivity contribution < 1.29 is 4.74 Å². The molecule has 0 bridgehead atoms. The maximum atomic E-state index is 9.68. The van der Waals surface area contributed by atoms with Crippen LogP contribution >= 0.6 is 0 Å². The van der Waals surface area contributed by atoms with E-state index in [1.165, 1.54) is 31.2 Å². The SMILES string of the molecule is CC(C)COc1ccc(C2(C#N)CCCCCC2)cc1. The summed E-state index contributed by atoms with van der Waals surface area (Å²) < 4.78 is 5.72. The monoisotopic (exact) mass is 271 g/mol. The van der Waals surface area contributed by atoms with E-state index in [-0.39, 0.29) is 5.41 Å². The number of hydrogen-bond acceptors (Lipinski definition) is 2. The first kappa shape index (κ1) is 14.9. The van der Waals surface area contributed by atoms with Gasteiger partial charge in [0.15, 0.2) is 0 Å². The first-order chi connectivity index (χ1) is 9.66. The summed E-state index contributed by atoms with van der Waals surface area (Å²) in [6, 6.07) is 10.8. The molecule has 20 heavy (non-hydrogen) atoms. The molecular formula is C18H25NO. The van der Waals surface area contributed by atoms with Gasteiger partial charge >= 0.3 is 0 Å². The second-order valence-electron chi connectivity index (χ2n) is 6.34. The molecule has 0 atom stereocenters. The van der Waals surface area contributed by atoms with Crippen LogP contribution in [0.3, 0.4) is 0 Å². The molecule has 1 saturated carbocycles. The molecule has 0 heterocycles. The Bertz CT molecular complexity index is 447. The average molecular weight is 271 g/mol. The van der Waals surface area contributed by atoms with Crippen molar-refractivity contribution in [3.63, 3.8) is 0 Å². The zero-order chi connectivity index (χ0) is 14.4. The minimum absolute atomic E-state index is 0.271. The summed E-state index contributed by atoms with van der Waals surface area (Å²) >= 11 is 0. The van der Waals surface area contributed by atoms with E-state index in [2.05, 4.69) is 32.0 Å². The van der Waals surface area contributed by atoms with Gasteiger partial charge in [0, 0.05) is 0 Å². The van der Waals surface area contributed by atoms with Crippen LogP contribution in [0.15, 0.2) is 24.3 Å². The summed E-state index contributed by atoms with van der Waals surface area (Å²) in [4.78, 5) is 0. The number of hydrogen-bond donors (Lipinski definition) is 0. The molecule has 108 valence electrons. The molecule has 0 aromatic heterocycles. The molecule has 0 radical (unpaired) electrons. The van der Waals surface area contributed by atoms with Crippen LogP contribution in [0.1, 0.15) is 57.9 Å². The minimum atomic E-state index is -0.271. The van der Waals surface area contributed by atoms with E-state index >= 15 is 0 Å². The molecule has 2 heteroatoms. The molecule has 2 nitrogen and oxygen atoms in total. The van der Waals surface area contributed by atoms with Crippen LogP contribution in [0.5, 0.6) is 5.75 Å². The summed E-state index contributed by atoms with van der Waals surface area (Å²) in [6.45, 7) is 5.03. The van der Waals surface area contributed by atoms with Crippen molar-refractivity contribution in [1.82, 2.24) is 0 Å². The third kappa shape index (κ3) is 3.54. The highest BCUT2D eigenvalue weighted by molar-refractivity contribution is 5.37. The van der Waals surface area contributed by atoms with Gasteiger partial charge in [0.2, 0.25) is 0 Å². The third-order valence-corrected chi connectivity index (χ3v) is 4.16. The van der Waals surface area contributed by atoms with Crippen LogP contribution in [0.4, 0.5) is 0 Å². The van der Waals surface area contributed by atoms with Crippen molar-refractivity contribution in [1.29, 1.82) is 5.26 Å². The van der Waals surface area contributed by atoms with E-state index in [1.54, 1.807) is 0 Å². The summed E-state index contributed by atoms with van der Waals surface area (Å²) in [5.41, 5.74) is 0.895. The Balaban J connectivity index is 2.12. The van der Waals surface area contributed by atoms with Crippen molar-refractivity contribution >= 4 is 0 Å². The lowest BCUT2D eigenvalue weighted by molar-refractivity contribution is 0.271. The van der Waals surface area contributed by atoms with Gasteiger partial charge in [0.05, 0.1) is 18.1 Å². The molecule has 1 aliphatic rings. The van der Waals surface area contributed by atoms with Crippen molar-refractivity contribution in [2.45, 2.75) is 57.8 Å². The summed E-state index contributed by atoms with van der Waals surface area (Å²) in [6.07, 6.45) is 6.85. The Morgan fingerprint density at radius 3 is 2.20 bits per heavy atom. The first-order valence-electron chi connectivity index (χ1n) is 7.81. The molecule has 0 aliphatic heterocycles. The maximum Gasteiger partial charge on any atom is 0.119 e. The normalized spacial score (nSPS) is 18.3. The van der Waals surface area contributed by atoms with Crippen LogP contribution in [-0.2, 0) is 5.41 Å². The highest BCUT2D eigenvalue weighted by Crippen LogP contribution is 2.38. The molecule has 0 spiro atoms. The Labute approximate surface area is 122 Å².